The lowest BCUT2D eigenvalue weighted by Crippen LogP contribution is -2.36. The van der Waals surface area contributed by atoms with Gasteiger partial charge in [-0.25, -0.2) is 14.4 Å². The fraction of sp³-hybridized carbons (Fsp3) is 0.235. The Hall–Kier alpha value is -2.76. The molecule has 0 aliphatic carbocycles. The Bertz CT molecular complexity index is 918. The lowest BCUT2D eigenvalue weighted by atomic mass is 10.0. The number of amides is 1. The molecule has 4 rings (SSSR count). The van der Waals surface area contributed by atoms with Gasteiger partial charge in [0.05, 0.1) is 5.69 Å². The molecule has 0 spiro atoms. The zero-order valence-corrected chi connectivity index (χ0v) is 12.7. The highest BCUT2D eigenvalue weighted by atomic mass is 19.1. The Balaban J connectivity index is 1.77. The van der Waals surface area contributed by atoms with E-state index in [-0.39, 0.29) is 11.7 Å². The zero-order valence-electron chi connectivity index (χ0n) is 12.7. The van der Waals surface area contributed by atoms with E-state index < -0.39 is 0 Å². The van der Waals surface area contributed by atoms with E-state index in [4.69, 9.17) is 0 Å². The lowest BCUT2D eigenvalue weighted by molar-refractivity contribution is 0.0979. The van der Waals surface area contributed by atoms with Crippen LogP contribution in [-0.2, 0) is 6.42 Å². The minimum atomic E-state index is -0.271. The van der Waals surface area contributed by atoms with Gasteiger partial charge in [-0.3, -0.25) is 4.79 Å². The number of carbonyl (C=O) groups excluding carboxylic acids is 1. The Morgan fingerprint density at radius 2 is 2.22 bits per heavy atom. The first kappa shape index (κ1) is 13.9. The van der Waals surface area contributed by atoms with Gasteiger partial charge in [-0.1, -0.05) is 0 Å². The predicted octanol–water partition coefficient (Wildman–Crippen LogP) is 2.77. The second kappa shape index (κ2) is 5.15. The average molecular weight is 310 g/mol. The molecule has 3 heterocycles. The molecule has 1 aliphatic heterocycles. The predicted molar refractivity (Wildman–Crippen MR) is 84.1 cm³/mol. The molecule has 1 amide bonds. The maximum atomic E-state index is 13.4. The average Bonchev–Trinajstić information content (AvgIpc) is 3.02. The van der Waals surface area contributed by atoms with Crippen LogP contribution in [0.2, 0.25) is 0 Å². The van der Waals surface area contributed by atoms with Gasteiger partial charge in [-0.05, 0) is 43.5 Å². The van der Waals surface area contributed by atoms with Crippen molar-refractivity contribution in [2.24, 2.45) is 0 Å². The Labute approximate surface area is 132 Å². The summed E-state index contributed by atoms with van der Waals surface area (Å²) in [5, 5.41) is 0. The quantitative estimate of drug-likeness (QED) is 0.694. The third-order valence-electron chi connectivity index (χ3n) is 4.17. The van der Waals surface area contributed by atoms with Gasteiger partial charge in [0.1, 0.15) is 11.5 Å². The number of benzene rings is 1. The first-order valence-corrected chi connectivity index (χ1v) is 7.54. The summed E-state index contributed by atoms with van der Waals surface area (Å²) in [5.74, 6) is -0.442. The molecule has 0 atom stereocenters. The number of imidazole rings is 1. The SMILES string of the molecule is Cc1nc(C(=O)N2CCCc3cc(F)ccc32)cn2ccnc12. The van der Waals surface area contributed by atoms with Gasteiger partial charge in [0, 0.05) is 30.8 Å². The largest absolute Gasteiger partial charge is 0.307 e. The molecule has 3 aromatic rings. The molecule has 0 fully saturated rings. The maximum absolute atomic E-state index is 13.4. The molecule has 0 saturated carbocycles. The van der Waals surface area contributed by atoms with Crippen LogP contribution >= 0.6 is 0 Å². The standard InChI is InChI=1S/C17H15FN4O/c1-11-16-19-6-8-21(16)10-14(20-11)17(23)22-7-2-3-12-9-13(18)4-5-15(12)22/h4-6,8-10H,2-3,7H2,1H3. The van der Waals surface area contributed by atoms with Crippen molar-refractivity contribution in [3.05, 3.63) is 59.6 Å². The zero-order chi connectivity index (χ0) is 16.0. The van der Waals surface area contributed by atoms with Gasteiger partial charge in [-0.2, -0.15) is 0 Å². The van der Waals surface area contributed by atoms with Crippen LogP contribution < -0.4 is 4.90 Å². The van der Waals surface area contributed by atoms with Gasteiger partial charge in [0.15, 0.2) is 5.65 Å². The Kier molecular flexibility index (Phi) is 3.11. The molecule has 23 heavy (non-hydrogen) atoms. The number of hydrogen-bond acceptors (Lipinski definition) is 3. The van der Waals surface area contributed by atoms with Crippen LogP contribution in [0.15, 0.2) is 36.8 Å². The molecule has 6 heteroatoms. The van der Waals surface area contributed by atoms with E-state index in [0.29, 0.717) is 17.9 Å². The summed E-state index contributed by atoms with van der Waals surface area (Å²) in [6.07, 6.45) is 6.76. The number of aromatic nitrogens is 3. The van der Waals surface area contributed by atoms with Crippen LogP contribution in [0.5, 0.6) is 0 Å². The van der Waals surface area contributed by atoms with Crippen molar-refractivity contribution in [1.82, 2.24) is 14.4 Å². The van der Waals surface area contributed by atoms with Crippen molar-refractivity contribution < 1.29 is 9.18 Å². The second-order valence-electron chi connectivity index (χ2n) is 5.70. The highest BCUT2D eigenvalue weighted by molar-refractivity contribution is 6.05. The number of anilines is 1. The van der Waals surface area contributed by atoms with Gasteiger partial charge in [-0.15, -0.1) is 0 Å². The number of rotatable bonds is 1. The fourth-order valence-corrected chi connectivity index (χ4v) is 3.11. The van der Waals surface area contributed by atoms with Crippen molar-refractivity contribution in [3.8, 4) is 0 Å². The summed E-state index contributed by atoms with van der Waals surface area (Å²) < 4.78 is 15.2. The lowest BCUT2D eigenvalue weighted by Gasteiger charge is -2.29. The van der Waals surface area contributed by atoms with E-state index in [1.807, 2.05) is 6.92 Å². The van der Waals surface area contributed by atoms with Crippen molar-refractivity contribution in [2.75, 3.05) is 11.4 Å². The van der Waals surface area contributed by atoms with Crippen LogP contribution in [-0.4, -0.2) is 26.8 Å². The van der Waals surface area contributed by atoms with Crippen LogP contribution in [0.4, 0.5) is 10.1 Å². The van der Waals surface area contributed by atoms with E-state index in [9.17, 15) is 9.18 Å². The number of nitrogens with zero attached hydrogens (tertiary/aromatic N) is 4. The minimum Gasteiger partial charge on any atom is -0.307 e. The third kappa shape index (κ3) is 2.27. The van der Waals surface area contributed by atoms with Gasteiger partial charge in [0.2, 0.25) is 0 Å². The smallest absolute Gasteiger partial charge is 0.278 e. The molecular weight excluding hydrogens is 295 g/mol. The fourth-order valence-electron chi connectivity index (χ4n) is 3.11. The van der Waals surface area contributed by atoms with Gasteiger partial charge in [0.25, 0.3) is 5.91 Å². The maximum Gasteiger partial charge on any atom is 0.278 e. The van der Waals surface area contributed by atoms with E-state index in [0.717, 1.165) is 29.7 Å². The summed E-state index contributed by atoms with van der Waals surface area (Å²) >= 11 is 0. The first-order chi connectivity index (χ1) is 11.1. The van der Waals surface area contributed by atoms with E-state index in [2.05, 4.69) is 9.97 Å². The van der Waals surface area contributed by atoms with Gasteiger partial charge < -0.3 is 9.30 Å². The van der Waals surface area contributed by atoms with Crippen LogP contribution in [0.25, 0.3) is 5.65 Å². The highest BCUT2D eigenvalue weighted by Gasteiger charge is 2.25. The molecule has 1 aliphatic rings. The summed E-state index contributed by atoms with van der Waals surface area (Å²) in [6.45, 7) is 2.44. The number of hydrogen-bond donors (Lipinski definition) is 0. The number of fused-ring (bicyclic) bond motifs is 2. The molecule has 2 aromatic heterocycles. The molecule has 5 nitrogen and oxygen atoms in total. The van der Waals surface area contributed by atoms with Crippen LogP contribution in [0, 0.1) is 12.7 Å². The molecule has 0 N–H and O–H groups in total. The molecule has 1 aromatic carbocycles. The molecule has 0 radical (unpaired) electrons. The number of carbonyl (C=O) groups is 1. The van der Waals surface area contributed by atoms with Crippen molar-refractivity contribution in [3.63, 3.8) is 0 Å². The topological polar surface area (TPSA) is 50.5 Å². The van der Waals surface area contributed by atoms with Crippen molar-refractivity contribution in [1.29, 1.82) is 0 Å². The van der Waals surface area contributed by atoms with Gasteiger partial charge >= 0.3 is 0 Å². The minimum absolute atomic E-state index is 0.170. The molecule has 0 unspecified atom stereocenters. The monoisotopic (exact) mass is 310 g/mol. The normalized spacial score (nSPS) is 14.1. The summed E-state index contributed by atoms with van der Waals surface area (Å²) in [5.41, 5.74) is 3.45. The Morgan fingerprint density at radius 3 is 3.09 bits per heavy atom. The summed E-state index contributed by atoms with van der Waals surface area (Å²) in [7, 11) is 0. The molecular formula is C17H15FN4O. The third-order valence-corrected chi connectivity index (χ3v) is 4.17. The number of aryl methyl sites for hydroxylation is 2. The molecule has 0 bridgehead atoms. The number of halogens is 1. The second-order valence-corrected chi connectivity index (χ2v) is 5.70. The van der Waals surface area contributed by atoms with E-state index in [1.54, 1.807) is 34.0 Å². The van der Waals surface area contributed by atoms with Crippen LogP contribution in [0.1, 0.15) is 28.2 Å². The Morgan fingerprint density at radius 1 is 1.35 bits per heavy atom. The van der Waals surface area contributed by atoms with E-state index in [1.165, 1.54) is 12.1 Å². The summed E-state index contributed by atoms with van der Waals surface area (Å²) in [4.78, 5) is 23.2. The van der Waals surface area contributed by atoms with E-state index >= 15 is 0 Å². The highest BCUT2D eigenvalue weighted by Crippen LogP contribution is 2.29. The first-order valence-electron chi connectivity index (χ1n) is 7.54. The molecule has 116 valence electrons. The van der Waals surface area contributed by atoms with Crippen molar-refractivity contribution in [2.45, 2.75) is 19.8 Å². The molecule has 0 saturated heterocycles. The van der Waals surface area contributed by atoms with Crippen molar-refractivity contribution >= 4 is 17.2 Å². The summed E-state index contributed by atoms with van der Waals surface area (Å²) in [6, 6.07) is 4.57. The van der Waals surface area contributed by atoms with Crippen LogP contribution in [0.3, 0.4) is 0 Å².